The van der Waals surface area contributed by atoms with Gasteiger partial charge < -0.3 is 46.2 Å². The van der Waals surface area contributed by atoms with E-state index in [-0.39, 0.29) is 24.1 Å². The maximum atomic E-state index is 15.1. The molecule has 63 heavy (non-hydrogen) atoms. The summed E-state index contributed by atoms with van der Waals surface area (Å²) in [5, 5.41) is 28.4. The number of allylic oxidation sites excluding steroid dienone is 1. The topological polar surface area (TPSA) is 164 Å². The molecule has 3 aromatic rings. The zero-order chi connectivity index (χ0) is 45.3. The number of hydrogen-bond acceptors (Lipinski definition) is 11. The number of carbonyl (C=O) groups is 2. The standard InChI is InChI=1S/C45H53F5N8O5/c1-45(2,26-46)41(56-44(61)62-3)42(60)55-38(39(59)21-52-20-35-36(47)15-30(16-37(35)48)31(17-51)19-54-43(49)50)14-28-7-4-27(5-8-28)6-9-29-10-13-40(53-18-29)57-22-32-11-12-33(23-57)58(32)34-24-63-25-34/h4-5,7-8,10,13,15-19,32-34,38-39,41,43,51-52,54,59H,11-12,14,20-26H2,1-3H3,(H,55,60)(H,56,61)/b31-19+,51-17?/t32?,33?,38-,39-,41?/m0/s1. The smallest absolute Gasteiger partial charge is 0.407 e. The summed E-state index contributed by atoms with van der Waals surface area (Å²) >= 11 is 0. The number of benzene rings is 2. The van der Waals surface area contributed by atoms with Crippen molar-refractivity contribution in [2.75, 3.05) is 51.5 Å². The molecule has 4 heterocycles. The van der Waals surface area contributed by atoms with Crippen molar-refractivity contribution >= 4 is 29.6 Å². The average molecular weight is 881 g/mol. The molecule has 0 aliphatic carbocycles. The average Bonchev–Trinajstić information content (AvgIpc) is 3.48. The van der Waals surface area contributed by atoms with Crippen LogP contribution in [0.5, 0.6) is 0 Å². The second kappa shape index (κ2) is 21.2. The summed E-state index contributed by atoms with van der Waals surface area (Å²) in [5.41, 5.74) is -0.0471. The molecule has 3 saturated heterocycles. The van der Waals surface area contributed by atoms with Crippen LogP contribution in [0.25, 0.3) is 5.57 Å². The Hall–Kier alpha value is -5.61. The Morgan fingerprint density at radius 2 is 1.67 bits per heavy atom. The molecule has 2 amide bonds. The lowest BCUT2D eigenvalue weighted by molar-refractivity contribution is -0.127. The van der Waals surface area contributed by atoms with Gasteiger partial charge in [-0.2, -0.15) is 8.78 Å². The number of ether oxygens (including phenoxy) is 2. The summed E-state index contributed by atoms with van der Waals surface area (Å²) in [4.78, 5) is 35.6. The van der Waals surface area contributed by atoms with E-state index in [0.29, 0.717) is 35.5 Å². The largest absolute Gasteiger partial charge is 0.453 e. The van der Waals surface area contributed by atoms with E-state index in [2.05, 4.69) is 42.3 Å². The molecule has 3 aliphatic heterocycles. The van der Waals surface area contributed by atoms with Gasteiger partial charge in [-0.1, -0.05) is 37.8 Å². The lowest BCUT2D eigenvalue weighted by Crippen LogP contribution is -2.62. The SMILES string of the molecule is COC(=O)NC(C(=O)N[C@@H](Cc1ccc(C#Cc2ccc(N3CC4CCC(C3)N4C3COC3)nc2)cc1)[C@@H](O)CNCc1c(F)cc(/C(C=N)=C/NC(F)F)cc1F)C(C)(C)CF. The Labute approximate surface area is 363 Å². The van der Waals surface area contributed by atoms with Gasteiger partial charge in [-0.3, -0.25) is 14.1 Å². The van der Waals surface area contributed by atoms with Crippen molar-refractivity contribution in [3.8, 4) is 11.8 Å². The summed E-state index contributed by atoms with van der Waals surface area (Å²) in [7, 11) is 1.09. The van der Waals surface area contributed by atoms with Gasteiger partial charge in [0.1, 0.15) is 23.5 Å². The number of rotatable bonds is 18. The molecule has 3 fully saturated rings. The van der Waals surface area contributed by atoms with Crippen molar-refractivity contribution < 1.29 is 46.1 Å². The minimum Gasteiger partial charge on any atom is -0.453 e. The van der Waals surface area contributed by atoms with Crippen molar-refractivity contribution in [3.05, 3.63) is 100 Å². The number of piperazine rings is 1. The van der Waals surface area contributed by atoms with Gasteiger partial charge in [0, 0.05) is 84.6 Å². The highest BCUT2D eigenvalue weighted by atomic mass is 19.3. The predicted octanol–water partition coefficient (Wildman–Crippen LogP) is 4.51. The number of aliphatic hydroxyl groups excluding tert-OH is 1. The number of aliphatic hydroxyl groups is 1. The molecule has 5 atom stereocenters. The van der Waals surface area contributed by atoms with Gasteiger partial charge in [-0.15, -0.1) is 0 Å². The number of methoxy groups -OCH3 is 1. The van der Waals surface area contributed by atoms with Gasteiger partial charge in [0.15, 0.2) is 0 Å². The third-order valence-corrected chi connectivity index (χ3v) is 11.7. The van der Waals surface area contributed by atoms with Crippen molar-refractivity contribution in [3.63, 3.8) is 0 Å². The second-order valence-electron chi connectivity index (χ2n) is 16.6. The van der Waals surface area contributed by atoms with Crippen LogP contribution in [0.1, 0.15) is 54.5 Å². The highest BCUT2D eigenvalue weighted by Crippen LogP contribution is 2.35. The van der Waals surface area contributed by atoms with Crippen LogP contribution in [-0.2, 0) is 27.2 Å². The Morgan fingerprint density at radius 1 is 1.02 bits per heavy atom. The molecule has 0 saturated carbocycles. The van der Waals surface area contributed by atoms with E-state index < -0.39 is 72.6 Å². The van der Waals surface area contributed by atoms with Crippen molar-refractivity contribution in [2.24, 2.45) is 5.41 Å². The number of hydrogen-bond donors (Lipinski definition) is 6. The number of halogens is 5. The first-order valence-corrected chi connectivity index (χ1v) is 20.7. The van der Waals surface area contributed by atoms with Crippen LogP contribution in [0.4, 0.5) is 32.6 Å². The number of aromatic nitrogens is 1. The highest BCUT2D eigenvalue weighted by Gasteiger charge is 2.45. The molecular formula is C45H53F5N8O5. The number of carbonyl (C=O) groups excluding carboxylic acids is 2. The Balaban J connectivity index is 1.12. The van der Waals surface area contributed by atoms with Crippen LogP contribution in [0.3, 0.4) is 0 Å². The quantitative estimate of drug-likeness (QED) is 0.0464. The van der Waals surface area contributed by atoms with Crippen LogP contribution in [0.2, 0.25) is 0 Å². The first-order valence-electron chi connectivity index (χ1n) is 20.7. The van der Waals surface area contributed by atoms with Gasteiger partial charge in [-0.05, 0) is 66.8 Å². The molecule has 2 aromatic carbocycles. The minimum atomic E-state index is -2.95. The molecule has 338 valence electrons. The summed E-state index contributed by atoms with van der Waals surface area (Å²) in [6.45, 7) is 1.73. The van der Waals surface area contributed by atoms with Gasteiger partial charge >= 0.3 is 12.6 Å². The van der Waals surface area contributed by atoms with E-state index in [1.54, 1.807) is 35.8 Å². The van der Waals surface area contributed by atoms with E-state index in [9.17, 15) is 27.9 Å². The van der Waals surface area contributed by atoms with Crippen LogP contribution in [0.15, 0.2) is 60.9 Å². The van der Waals surface area contributed by atoms with Gasteiger partial charge in [-0.25, -0.2) is 18.6 Å². The van der Waals surface area contributed by atoms with Gasteiger partial charge in [0.2, 0.25) is 5.91 Å². The maximum absolute atomic E-state index is 15.1. The molecule has 6 rings (SSSR count). The number of alkyl halides is 3. The normalized spacial score (nSPS) is 19.3. The fraction of sp³-hybridized carbons (Fsp3) is 0.467. The number of fused-ring (bicyclic) bond motifs is 2. The molecular weight excluding hydrogens is 828 g/mol. The predicted molar refractivity (Wildman–Crippen MR) is 227 cm³/mol. The number of nitrogens with zero attached hydrogens (tertiary/aromatic N) is 3. The Bertz CT molecular complexity index is 2130. The van der Waals surface area contributed by atoms with E-state index in [1.807, 2.05) is 12.1 Å². The zero-order valence-electron chi connectivity index (χ0n) is 35.3. The molecule has 3 aliphatic rings. The number of anilines is 1. The monoisotopic (exact) mass is 880 g/mol. The molecule has 2 bridgehead atoms. The van der Waals surface area contributed by atoms with Crippen LogP contribution >= 0.6 is 0 Å². The first-order chi connectivity index (χ1) is 30.2. The molecule has 0 radical (unpaired) electrons. The van der Waals surface area contributed by atoms with Crippen LogP contribution in [0, 0.1) is 34.3 Å². The summed E-state index contributed by atoms with van der Waals surface area (Å²) in [5.74, 6) is 4.35. The fourth-order valence-electron chi connectivity index (χ4n) is 8.09. The zero-order valence-corrected chi connectivity index (χ0v) is 35.3. The molecule has 6 N–H and O–H groups in total. The van der Waals surface area contributed by atoms with Crippen molar-refractivity contribution in [1.29, 1.82) is 5.41 Å². The number of alkyl carbamates (subject to hydrolysis) is 1. The van der Waals surface area contributed by atoms with E-state index in [4.69, 9.17) is 15.1 Å². The third-order valence-electron chi connectivity index (χ3n) is 11.7. The van der Waals surface area contributed by atoms with Crippen molar-refractivity contribution in [2.45, 2.75) is 82.5 Å². The van der Waals surface area contributed by atoms with Crippen molar-refractivity contribution in [1.82, 2.24) is 31.2 Å². The fourth-order valence-corrected chi connectivity index (χ4v) is 8.09. The minimum absolute atomic E-state index is 0.0435. The highest BCUT2D eigenvalue weighted by molar-refractivity contribution is 6.08. The second-order valence-corrected chi connectivity index (χ2v) is 16.6. The van der Waals surface area contributed by atoms with Crippen LogP contribution < -0.4 is 26.2 Å². The summed E-state index contributed by atoms with van der Waals surface area (Å²) in [6, 6.07) is 11.9. The van der Waals surface area contributed by atoms with Gasteiger partial charge in [0.05, 0.1) is 45.2 Å². The summed E-state index contributed by atoms with van der Waals surface area (Å²) in [6.07, 6.45) is 3.26. The molecule has 0 spiro atoms. The molecule has 18 heteroatoms. The first kappa shape index (κ1) is 46.9. The molecule has 3 unspecified atom stereocenters. The Morgan fingerprint density at radius 3 is 2.22 bits per heavy atom. The summed E-state index contributed by atoms with van der Waals surface area (Å²) < 4.78 is 79.7. The van der Waals surface area contributed by atoms with E-state index in [0.717, 1.165) is 63.1 Å². The third kappa shape index (κ3) is 11.9. The maximum Gasteiger partial charge on any atom is 0.407 e. The Kier molecular flexibility index (Phi) is 15.8. The number of pyridine rings is 1. The number of nitrogens with one attached hydrogen (secondary N) is 5. The van der Waals surface area contributed by atoms with Gasteiger partial charge in [0.25, 0.3) is 0 Å². The van der Waals surface area contributed by atoms with Crippen LogP contribution in [-0.4, -0.2) is 123 Å². The molecule has 1 aromatic heterocycles. The lowest BCUT2D eigenvalue weighted by atomic mass is 9.85. The van der Waals surface area contributed by atoms with E-state index in [1.165, 1.54) is 26.7 Å². The molecule has 13 nitrogen and oxygen atoms in total. The lowest BCUT2D eigenvalue weighted by Gasteiger charge is -2.47. The number of amides is 2. The van der Waals surface area contributed by atoms with E-state index >= 15 is 8.78 Å².